The van der Waals surface area contributed by atoms with Crippen LogP contribution in [0.5, 0.6) is 0 Å². The van der Waals surface area contributed by atoms with Crippen molar-refractivity contribution >= 4 is 23.4 Å². The van der Waals surface area contributed by atoms with E-state index < -0.39 is 48.5 Å². The molecule has 0 radical (unpaired) electrons. The molecule has 0 spiro atoms. The number of ether oxygens (including phenoxy) is 3. The second-order valence-corrected chi connectivity index (χ2v) is 8.28. The van der Waals surface area contributed by atoms with Gasteiger partial charge in [0.05, 0.1) is 24.8 Å². The standard InChI is InChI=1S/C22H29N5O7/c1-4-5-6-9-32-21(31)26-19-14-7-8-16(27(14)25-12-24-19)22(11-23)18(29)17(15(10-28)34-22)33-20(30)13(2)3/h7-8,12-13,15,17-18,28-29H,4-6,9-10H2,1-3H3,(H,24,25,26,31)/t15-,17-,18-,22+/m1/s1. The number of amides is 1. The number of carbonyl (C=O) groups excluding carboxylic acids is 2. The van der Waals surface area contributed by atoms with E-state index in [0.29, 0.717) is 5.52 Å². The van der Waals surface area contributed by atoms with Gasteiger partial charge >= 0.3 is 12.1 Å². The maximum Gasteiger partial charge on any atom is 0.412 e. The number of hydrogen-bond acceptors (Lipinski definition) is 10. The van der Waals surface area contributed by atoms with Crippen molar-refractivity contribution in [1.82, 2.24) is 14.6 Å². The molecule has 2 aromatic heterocycles. The molecule has 0 bridgehead atoms. The third-order valence-electron chi connectivity index (χ3n) is 5.54. The lowest BCUT2D eigenvalue weighted by Gasteiger charge is -2.25. The molecule has 0 aliphatic carbocycles. The number of aliphatic hydroxyl groups is 2. The summed E-state index contributed by atoms with van der Waals surface area (Å²) in [5, 5.41) is 37.5. The van der Waals surface area contributed by atoms with Crippen molar-refractivity contribution in [2.75, 3.05) is 18.5 Å². The summed E-state index contributed by atoms with van der Waals surface area (Å²) in [7, 11) is 0. The van der Waals surface area contributed by atoms with E-state index in [1.165, 1.54) is 10.6 Å². The van der Waals surface area contributed by atoms with Crippen LogP contribution in [0.2, 0.25) is 0 Å². The predicted molar refractivity (Wildman–Crippen MR) is 117 cm³/mol. The Morgan fingerprint density at radius 1 is 1.38 bits per heavy atom. The summed E-state index contributed by atoms with van der Waals surface area (Å²) in [6.07, 6.45) is -0.884. The lowest BCUT2D eigenvalue weighted by Crippen LogP contribution is -2.43. The Hall–Kier alpha value is -3.27. The molecule has 3 heterocycles. The molecule has 1 aliphatic heterocycles. The Morgan fingerprint density at radius 2 is 2.15 bits per heavy atom. The number of fused-ring (bicyclic) bond motifs is 1. The minimum atomic E-state index is -2.01. The zero-order chi connectivity index (χ0) is 24.9. The van der Waals surface area contributed by atoms with Crippen LogP contribution in [0.1, 0.15) is 45.7 Å². The Labute approximate surface area is 196 Å². The van der Waals surface area contributed by atoms with Gasteiger partial charge in [0.25, 0.3) is 0 Å². The number of nitrogens with zero attached hydrogens (tertiary/aromatic N) is 4. The highest BCUT2D eigenvalue weighted by atomic mass is 16.6. The van der Waals surface area contributed by atoms with Crippen LogP contribution in [-0.2, 0) is 24.6 Å². The highest BCUT2D eigenvalue weighted by molar-refractivity contribution is 5.88. The van der Waals surface area contributed by atoms with Crippen molar-refractivity contribution in [2.45, 2.75) is 63.9 Å². The van der Waals surface area contributed by atoms with Crippen LogP contribution < -0.4 is 5.32 Å². The molecule has 184 valence electrons. The molecule has 1 amide bonds. The van der Waals surface area contributed by atoms with E-state index >= 15 is 0 Å². The number of aromatic nitrogens is 3. The summed E-state index contributed by atoms with van der Waals surface area (Å²) >= 11 is 0. The molecule has 3 N–H and O–H groups in total. The van der Waals surface area contributed by atoms with Crippen LogP contribution in [0.3, 0.4) is 0 Å². The van der Waals surface area contributed by atoms with Gasteiger partial charge in [-0.05, 0) is 18.6 Å². The maximum absolute atomic E-state index is 12.1. The molecule has 2 aromatic rings. The lowest BCUT2D eigenvalue weighted by molar-refractivity contribution is -0.160. The van der Waals surface area contributed by atoms with Gasteiger partial charge in [-0.25, -0.2) is 14.3 Å². The number of anilines is 1. The summed E-state index contributed by atoms with van der Waals surface area (Å²) in [6.45, 7) is 4.96. The second-order valence-electron chi connectivity index (χ2n) is 8.28. The number of esters is 1. The molecule has 0 saturated carbocycles. The number of unbranched alkanes of at least 4 members (excludes halogenated alkanes) is 2. The molecular formula is C22H29N5O7. The van der Waals surface area contributed by atoms with E-state index in [1.807, 2.05) is 13.0 Å². The van der Waals surface area contributed by atoms with E-state index in [1.54, 1.807) is 19.9 Å². The van der Waals surface area contributed by atoms with Crippen molar-refractivity contribution in [3.05, 3.63) is 24.2 Å². The predicted octanol–water partition coefficient (Wildman–Crippen LogP) is 1.51. The van der Waals surface area contributed by atoms with Gasteiger partial charge < -0.3 is 24.4 Å². The highest BCUT2D eigenvalue weighted by Crippen LogP contribution is 2.41. The van der Waals surface area contributed by atoms with Crippen molar-refractivity contribution in [1.29, 1.82) is 5.26 Å². The van der Waals surface area contributed by atoms with Gasteiger partial charge in [-0.1, -0.05) is 33.6 Å². The molecule has 4 atom stereocenters. The Kier molecular flexibility index (Phi) is 8.03. The number of nitriles is 1. The van der Waals surface area contributed by atoms with Crippen LogP contribution in [0.25, 0.3) is 5.52 Å². The summed E-state index contributed by atoms with van der Waals surface area (Å²) in [4.78, 5) is 28.3. The van der Waals surface area contributed by atoms with Gasteiger partial charge in [-0.2, -0.15) is 10.4 Å². The minimum absolute atomic E-state index is 0.112. The van der Waals surface area contributed by atoms with Gasteiger partial charge in [-0.3, -0.25) is 10.1 Å². The summed E-state index contributed by atoms with van der Waals surface area (Å²) in [6, 6.07) is 4.97. The molecule has 34 heavy (non-hydrogen) atoms. The fraction of sp³-hybridized carbons (Fsp3) is 0.591. The second kappa shape index (κ2) is 10.8. The number of nitrogens with one attached hydrogen (secondary N) is 1. The number of carbonyl (C=O) groups is 2. The van der Waals surface area contributed by atoms with E-state index in [-0.39, 0.29) is 18.1 Å². The number of rotatable bonds is 9. The normalized spacial score (nSPS) is 24.2. The molecule has 1 aliphatic rings. The third kappa shape index (κ3) is 4.82. The van der Waals surface area contributed by atoms with E-state index in [9.17, 15) is 25.1 Å². The average Bonchev–Trinajstić information content (AvgIpc) is 3.37. The molecule has 1 saturated heterocycles. The number of hydrogen-bond donors (Lipinski definition) is 3. The van der Waals surface area contributed by atoms with Gasteiger partial charge in [0, 0.05) is 0 Å². The molecule has 12 heteroatoms. The summed E-state index contributed by atoms with van der Waals surface area (Å²) in [5.41, 5.74) is -1.58. The van der Waals surface area contributed by atoms with Crippen LogP contribution in [0, 0.1) is 17.2 Å². The largest absolute Gasteiger partial charge is 0.456 e. The summed E-state index contributed by atoms with van der Waals surface area (Å²) < 4.78 is 17.5. The smallest absolute Gasteiger partial charge is 0.412 e. The van der Waals surface area contributed by atoms with E-state index in [2.05, 4.69) is 15.4 Å². The first-order chi connectivity index (χ1) is 16.3. The molecule has 3 rings (SSSR count). The van der Waals surface area contributed by atoms with Crippen molar-refractivity contribution in [2.24, 2.45) is 5.92 Å². The topological polar surface area (TPSA) is 168 Å². The Balaban J connectivity index is 1.90. The number of aliphatic hydroxyl groups excluding tert-OH is 2. The van der Waals surface area contributed by atoms with Crippen LogP contribution in [-0.4, -0.2) is 68.4 Å². The zero-order valence-corrected chi connectivity index (χ0v) is 19.3. The first kappa shape index (κ1) is 25.4. The van der Waals surface area contributed by atoms with E-state index in [4.69, 9.17) is 14.2 Å². The molecule has 0 aromatic carbocycles. The molecule has 12 nitrogen and oxygen atoms in total. The van der Waals surface area contributed by atoms with Crippen molar-refractivity contribution < 1.29 is 34.0 Å². The first-order valence-electron chi connectivity index (χ1n) is 11.1. The SMILES string of the molecule is CCCCCOC(=O)Nc1ncnn2c([C@]3(C#N)O[C@H](CO)[C@@H](OC(=O)C(C)C)[C@H]3O)ccc12. The van der Waals surface area contributed by atoms with E-state index in [0.717, 1.165) is 25.6 Å². The molecule has 0 unspecified atom stereocenters. The van der Waals surface area contributed by atoms with Gasteiger partial charge in [0.15, 0.2) is 11.9 Å². The Morgan fingerprint density at radius 3 is 2.79 bits per heavy atom. The third-order valence-corrected chi connectivity index (χ3v) is 5.54. The minimum Gasteiger partial charge on any atom is -0.456 e. The van der Waals surface area contributed by atoms with Crippen LogP contribution >= 0.6 is 0 Å². The average molecular weight is 476 g/mol. The lowest BCUT2D eigenvalue weighted by atomic mass is 9.92. The van der Waals surface area contributed by atoms with Crippen molar-refractivity contribution in [3.63, 3.8) is 0 Å². The van der Waals surface area contributed by atoms with Crippen molar-refractivity contribution in [3.8, 4) is 6.07 Å². The fourth-order valence-corrected chi connectivity index (χ4v) is 3.68. The fourth-order valence-electron chi connectivity index (χ4n) is 3.68. The van der Waals surface area contributed by atoms with Gasteiger partial charge in [-0.15, -0.1) is 0 Å². The monoisotopic (exact) mass is 475 g/mol. The summed E-state index contributed by atoms with van der Waals surface area (Å²) in [5.74, 6) is -0.962. The quantitative estimate of drug-likeness (QED) is 0.357. The Bertz CT molecular complexity index is 1070. The highest BCUT2D eigenvalue weighted by Gasteiger charge is 2.59. The van der Waals surface area contributed by atoms with Crippen LogP contribution in [0.15, 0.2) is 18.5 Å². The van der Waals surface area contributed by atoms with Gasteiger partial charge in [0.1, 0.15) is 30.1 Å². The molecule has 1 fully saturated rings. The zero-order valence-electron chi connectivity index (χ0n) is 19.3. The van der Waals surface area contributed by atoms with Gasteiger partial charge in [0.2, 0.25) is 5.60 Å². The molecular weight excluding hydrogens is 446 g/mol. The van der Waals surface area contributed by atoms with Crippen LogP contribution in [0.4, 0.5) is 10.6 Å². The maximum atomic E-state index is 12.1. The first-order valence-corrected chi connectivity index (χ1v) is 11.1.